The minimum Gasteiger partial charge on any atom is -0.496 e. The number of methoxy groups -OCH3 is 1. The van der Waals surface area contributed by atoms with Gasteiger partial charge in [-0.05, 0) is 47.0 Å². The van der Waals surface area contributed by atoms with Crippen LogP contribution in [0.4, 0.5) is 5.82 Å². The van der Waals surface area contributed by atoms with Crippen molar-refractivity contribution in [3.63, 3.8) is 0 Å². The molecule has 0 aliphatic carbocycles. The number of ether oxygens (including phenoxy) is 1. The van der Waals surface area contributed by atoms with Crippen molar-refractivity contribution < 1.29 is 9.26 Å². The molecule has 2 aromatic rings. The largest absolute Gasteiger partial charge is 0.496 e. The standard InChI is InChI=1S/C13H13BrN2O2/c1-17-11-7-8(4-5-10(11)14)12-9-3-2-6-15-13(9)16-18-12/h4-5,7H,2-3,6H2,1H3,(H,15,16). The maximum atomic E-state index is 5.46. The van der Waals surface area contributed by atoms with Crippen LogP contribution in [0.15, 0.2) is 27.2 Å². The molecule has 0 bridgehead atoms. The SMILES string of the molecule is COc1cc(-c2onc3c2CCCN3)ccc1Br. The smallest absolute Gasteiger partial charge is 0.173 e. The normalized spacial score (nSPS) is 13.9. The molecule has 0 saturated carbocycles. The van der Waals surface area contributed by atoms with Crippen molar-refractivity contribution in [3.8, 4) is 17.1 Å². The van der Waals surface area contributed by atoms with E-state index in [9.17, 15) is 0 Å². The summed E-state index contributed by atoms with van der Waals surface area (Å²) in [5.41, 5.74) is 2.15. The van der Waals surface area contributed by atoms with Gasteiger partial charge in [0.1, 0.15) is 5.75 Å². The van der Waals surface area contributed by atoms with Crippen LogP contribution in [0, 0.1) is 0 Å². The van der Waals surface area contributed by atoms with Gasteiger partial charge in [-0.15, -0.1) is 0 Å². The fraction of sp³-hybridized carbons (Fsp3) is 0.308. The predicted octanol–water partition coefficient (Wildman–Crippen LogP) is 3.47. The molecule has 0 saturated heterocycles. The van der Waals surface area contributed by atoms with Crippen LogP contribution in [-0.4, -0.2) is 18.8 Å². The Bertz CT molecular complexity index is 580. The first-order valence-corrected chi connectivity index (χ1v) is 6.65. The average Bonchev–Trinajstić information content (AvgIpc) is 2.83. The number of aromatic nitrogens is 1. The Morgan fingerprint density at radius 3 is 3.17 bits per heavy atom. The summed E-state index contributed by atoms with van der Waals surface area (Å²) < 4.78 is 11.7. The fourth-order valence-electron chi connectivity index (χ4n) is 2.18. The van der Waals surface area contributed by atoms with Gasteiger partial charge in [0.05, 0.1) is 11.6 Å². The van der Waals surface area contributed by atoms with Crippen molar-refractivity contribution >= 4 is 21.7 Å². The van der Waals surface area contributed by atoms with Gasteiger partial charge in [0, 0.05) is 17.7 Å². The van der Waals surface area contributed by atoms with E-state index in [-0.39, 0.29) is 0 Å². The second-order valence-electron chi connectivity index (χ2n) is 4.22. The summed E-state index contributed by atoms with van der Waals surface area (Å²) in [5.74, 6) is 2.50. The molecule has 1 aromatic heterocycles. The van der Waals surface area contributed by atoms with Gasteiger partial charge in [-0.1, -0.05) is 5.16 Å². The van der Waals surface area contributed by atoms with Crippen LogP contribution in [0.5, 0.6) is 5.75 Å². The third-order valence-corrected chi connectivity index (χ3v) is 3.75. The summed E-state index contributed by atoms with van der Waals surface area (Å²) in [5, 5.41) is 7.32. The van der Waals surface area contributed by atoms with Gasteiger partial charge in [-0.25, -0.2) is 0 Å². The lowest BCUT2D eigenvalue weighted by atomic mass is 10.0. The fourth-order valence-corrected chi connectivity index (χ4v) is 2.59. The van der Waals surface area contributed by atoms with Crippen LogP contribution in [0.2, 0.25) is 0 Å². The molecule has 1 aliphatic rings. The molecule has 1 aromatic carbocycles. The summed E-state index contributed by atoms with van der Waals surface area (Å²) in [6.45, 7) is 0.961. The number of anilines is 1. The van der Waals surface area contributed by atoms with E-state index in [0.29, 0.717) is 0 Å². The molecule has 0 spiro atoms. The molecule has 2 heterocycles. The van der Waals surface area contributed by atoms with Crippen LogP contribution in [-0.2, 0) is 6.42 Å². The number of nitrogens with one attached hydrogen (secondary N) is 1. The molecule has 0 amide bonds. The molecule has 5 heteroatoms. The molecule has 18 heavy (non-hydrogen) atoms. The quantitative estimate of drug-likeness (QED) is 0.923. The van der Waals surface area contributed by atoms with Gasteiger partial charge in [0.15, 0.2) is 11.6 Å². The summed E-state index contributed by atoms with van der Waals surface area (Å²) in [6, 6.07) is 5.92. The van der Waals surface area contributed by atoms with E-state index in [4.69, 9.17) is 9.26 Å². The Morgan fingerprint density at radius 1 is 1.44 bits per heavy atom. The lowest BCUT2D eigenvalue weighted by molar-refractivity contribution is 0.411. The number of benzene rings is 1. The second kappa shape index (κ2) is 4.65. The van der Waals surface area contributed by atoms with Gasteiger partial charge in [-0.2, -0.15) is 0 Å². The van der Waals surface area contributed by atoms with Crippen molar-refractivity contribution in [2.45, 2.75) is 12.8 Å². The van der Waals surface area contributed by atoms with Crippen molar-refractivity contribution in [3.05, 3.63) is 28.2 Å². The van der Waals surface area contributed by atoms with Crippen molar-refractivity contribution in [1.29, 1.82) is 0 Å². The highest BCUT2D eigenvalue weighted by Gasteiger charge is 2.20. The molecule has 0 atom stereocenters. The maximum Gasteiger partial charge on any atom is 0.173 e. The van der Waals surface area contributed by atoms with Gasteiger partial charge in [0.25, 0.3) is 0 Å². The predicted molar refractivity (Wildman–Crippen MR) is 73.0 cm³/mol. The molecule has 1 aliphatic heterocycles. The van der Waals surface area contributed by atoms with Gasteiger partial charge in [-0.3, -0.25) is 0 Å². The van der Waals surface area contributed by atoms with Crippen molar-refractivity contribution in [2.24, 2.45) is 0 Å². The van der Waals surface area contributed by atoms with Crippen molar-refractivity contribution in [1.82, 2.24) is 5.16 Å². The third kappa shape index (κ3) is 1.88. The monoisotopic (exact) mass is 308 g/mol. The van der Waals surface area contributed by atoms with E-state index in [1.807, 2.05) is 18.2 Å². The van der Waals surface area contributed by atoms with Crippen LogP contribution < -0.4 is 10.1 Å². The van der Waals surface area contributed by atoms with Crippen LogP contribution in [0.1, 0.15) is 12.0 Å². The molecular formula is C13H13BrN2O2. The Kier molecular flexibility index (Phi) is 2.99. The lowest BCUT2D eigenvalue weighted by Gasteiger charge is -2.12. The van der Waals surface area contributed by atoms with Gasteiger partial charge < -0.3 is 14.6 Å². The van der Waals surface area contributed by atoms with E-state index in [1.54, 1.807) is 7.11 Å². The summed E-state index contributed by atoms with van der Waals surface area (Å²) in [7, 11) is 1.65. The van der Waals surface area contributed by atoms with Crippen LogP contribution >= 0.6 is 15.9 Å². The van der Waals surface area contributed by atoms with Crippen LogP contribution in [0.25, 0.3) is 11.3 Å². The number of rotatable bonds is 2. The molecular weight excluding hydrogens is 296 g/mol. The van der Waals surface area contributed by atoms with E-state index in [0.717, 1.165) is 52.3 Å². The van der Waals surface area contributed by atoms with Crippen LogP contribution in [0.3, 0.4) is 0 Å². The molecule has 0 fully saturated rings. The van der Waals surface area contributed by atoms with Gasteiger partial charge in [0.2, 0.25) is 0 Å². The summed E-state index contributed by atoms with van der Waals surface area (Å²) in [6.07, 6.45) is 2.11. The van der Waals surface area contributed by atoms with E-state index >= 15 is 0 Å². The molecule has 3 rings (SSSR count). The third-order valence-electron chi connectivity index (χ3n) is 3.10. The van der Waals surface area contributed by atoms with Crippen molar-refractivity contribution in [2.75, 3.05) is 19.0 Å². The number of hydrogen-bond acceptors (Lipinski definition) is 4. The van der Waals surface area contributed by atoms with E-state index < -0.39 is 0 Å². The first-order valence-electron chi connectivity index (χ1n) is 5.86. The van der Waals surface area contributed by atoms with E-state index in [1.165, 1.54) is 0 Å². The Balaban J connectivity index is 2.07. The minimum absolute atomic E-state index is 0.793. The molecule has 1 N–H and O–H groups in total. The second-order valence-corrected chi connectivity index (χ2v) is 5.07. The average molecular weight is 309 g/mol. The minimum atomic E-state index is 0.793. The first-order chi connectivity index (χ1) is 8.79. The topological polar surface area (TPSA) is 47.3 Å². The first kappa shape index (κ1) is 11.6. The summed E-state index contributed by atoms with van der Waals surface area (Å²) in [4.78, 5) is 0. The highest BCUT2D eigenvalue weighted by Crippen LogP contribution is 2.36. The molecule has 94 valence electrons. The number of hydrogen-bond donors (Lipinski definition) is 1. The highest BCUT2D eigenvalue weighted by molar-refractivity contribution is 9.10. The van der Waals surface area contributed by atoms with Gasteiger partial charge >= 0.3 is 0 Å². The zero-order chi connectivity index (χ0) is 12.5. The number of halogens is 1. The zero-order valence-corrected chi connectivity index (χ0v) is 11.6. The highest BCUT2D eigenvalue weighted by atomic mass is 79.9. The number of nitrogens with zero attached hydrogens (tertiary/aromatic N) is 1. The Labute approximate surface area is 113 Å². The lowest BCUT2D eigenvalue weighted by Crippen LogP contribution is -2.10. The van der Waals surface area contributed by atoms with E-state index in [2.05, 4.69) is 26.4 Å². The Morgan fingerprint density at radius 2 is 2.33 bits per heavy atom. The maximum absolute atomic E-state index is 5.46. The molecule has 0 unspecified atom stereocenters. The molecule has 0 radical (unpaired) electrons. The number of fused-ring (bicyclic) bond motifs is 1. The zero-order valence-electron chi connectivity index (χ0n) is 10.00. The molecule has 4 nitrogen and oxygen atoms in total. The summed E-state index contributed by atoms with van der Waals surface area (Å²) >= 11 is 3.45. The Hall–Kier alpha value is -1.49.